The monoisotopic (exact) mass is 262 g/mol. The van der Waals surface area contributed by atoms with Crippen LogP contribution in [0.2, 0.25) is 0 Å². The number of rotatable bonds is 4. The minimum atomic E-state index is -1.04. The van der Waals surface area contributed by atoms with E-state index >= 15 is 0 Å². The van der Waals surface area contributed by atoms with Crippen LogP contribution in [0.4, 0.5) is 0 Å². The first-order chi connectivity index (χ1) is 6.55. The maximum atomic E-state index is 10.3. The van der Waals surface area contributed by atoms with Crippen molar-refractivity contribution in [1.82, 2.24) is 15.0 Å². The van der Waals surface area contributed by atoms with Crippen molar-refractivity contribution >= 4 is 15.9 Å². The third-order valence-corrected chi connectivity index (χ3v) is 2.76. The van der Waals surface area contributed by atoms with Crippen LogP contribution in [0.1, 0.15) is 25.5 Å². The van der Waals surface area contributed by atoms with Gasteiger partial charge in [-0.25, -0.2) is 4.68 Å². The van der Waals surface area contributed by atoms with Gasteiger partial charge in [0.2, 0.25) is 0 Å². The van der Waals surface area contributed by atoms with Gasteiger partial charge in [-0.05, 0) is 22.4 Å². The molecule has 0 fully saturated rings. The van der Waals surface area contributed by atoms with E-state index in [0.717, 1.165) is 6.42 Å². The first kappa shape index (κ1) is 11.6. The summed E-state index contributed by atoms with van der Waals surface area (Å²) in [5.41, 5.74) is 5.19. The fourth-order valence-electron chi connectivity index (χ4n) is 1.56. The Balaban J connectivity index is 3.11. The summed E-state index contributed by atoms with van der Waals surface area (Å²) in [6, 6.07) is 0. The van der Waals surface area contributed by atoms with E-state index in [0.29, 0.717) is 16.7 Å². The second-order valence-electron chi connectivity index (χ2n) is 3.34. The first-order valence-electron chi connectivity index (χ1n) is 4.53. The summed E-state index contributed by atoms with van der Waals surface area (Å²) >= 11 is 3.25. The molecular weight excluding hydrogens is 248 g/mol. The van der Waals surface area contributed by atoms with Crippen molar-refractivity contribution in [2.75, 3.05) is 6.54 Å². The topological polar surface area (TPSA) is 77.0 Å². The third kappa shape index (κ3) is 1.97. The molecule has 1 aromatic rings. The molecule has 1 atom stereocenters. The molecule has 0 aliphatic carbocycles. The van der Waals surface area contributed by atoms with Crippen LogP contribution in [0.25, 0.3) is 0 Å². The SMILES string of the molecule is CCCC(O)(CN)c1c(Br)nnn1C. The van der Waals surface area contributed by atoms with Gasteiger partial charge in [0.05, 0.1) is 0 Å². The van der Waals surface area contributed by atoms with Gasteiger partial charge in [0.25, 0.3) is 0 Å². The summed E-state index contributed by atoms with van der Waals surface area (Å²) in [5.74, 6) is 0. The summed E-state index contributed by atoms with van der Waals surface area (Å²) in [7, 11) is 1.74. The maximum absolute atomic E-state index is 10.3. The van der Waals surface area contributed by atoms with Gasteiger partial charge >= 0.3 is 0 Å². The quantitative estimate of drug-likeness (QED) is 0.830. The molecule has 1 heterocycles. The van der Waals surface area contributed by atoms with Crippen LogP contribution in [0, 0.1) is 0 Å². The molecule has 0 saturated carbocycles. The van der Waals surface area contributed by atoms with Crippen molar-refractivity contribution in [3.8, 4) is 0 Å². The number of aryl methyl sites for hydroxylation is 1. The van der Waals surface area contributed by atoms with E-state index in [-0.39, 0.29) is 6.54 Å². The summed E-state index contributed by atoms with van der Waals surface area (Å²) < 4.78 is 2.11. The molecule has 80 valence electrons. The molecule has 0 spiro atoms. The van der Waals surface area contributed by atoms with Crippen LogP contribution in [0.5, 0.6) is 0 Å². The van der Waals surface area contributed by atoms with E-state index in [1.165, 1.54) is 0 Å². The zero-order valence-corrected chi connectivity index (χ0v) is 9.95. The summed E-state index contributed by atoms with van der Waals surface area (Å²) in [5, 5.41) is 17.9. The van der Waals surface area contributed by atoms with Gasteiger partial charge in [-0.2, -0.15) is 0 Å². The number of hydrogen-bond donors (Lipinski definition) is 2. The minimum Gasteiger partial charge on any atom is -0.382 e. The number of hydrogen-bond acceptors (Lipinski definition) is 4. The summed E-state index contributed by atoms with van der Waals surface area (Å²) in [4.78, 5) is 0. The Morgan fingerprint density at radius 1 is 1.64 bits per heavy atom. The molecule has 0 aliphatic rings. The highest BCUT2D eigenvalue weighted by molar-refractivity contribution is 9.10. The van der Waals surface area contributed by atoms with Gasteiger partial charge in [-0.15, -0.1) is 5.10 Å². The first-order valence-corrected chi connectivity index (χ1v) is 5.32. The molecule has 5 nitrogen and oxygen atoms in total. The van der Waals surface area contributed by atoms with Gasteiger partial charge in [-0.1, -0.05) is 18.6 Å². The molecule has 1 aromatic heterocycles. The lowest BCUT2D eigenvalue weighted by atomic mass is 9.95. The molecule has 0 aromatic carbocycles. The number of halogens is 1. The van der Waals surface area contributed by atoms with Crippen LogP contribution in [0.3, 0.4) is 0 Å². The van der Waals surface area contributed by atoms with Gasteiger partial charge < -0.3 is 10.8 Å². The minimum absolute atomic E-state index is 0.167. The molecule has 0 radical (unpaired) electrons. The largest absolute Gasteiger partial charge is 0.382 e. The van der Waals surface area contributed by atoms with E-state index in [1.54, 1.807) is 11.7 Å². The molecule has 0 aliphatic heterocycles. The third-order valence-electron chi connectivity index (χ3n) is 2.23. The van der Waals surface area contributed by atoms with E-state index in [4.69, 9.17) is 5.73 Å². The molecule has 0 bridgehead atoms. The lowest BCUT2D eigenvalue weighted by Gasteiger charge is -2.25. The highest BCUT2D eigenvalue weighted by Gasteiger charge is 2.33. The van der Waals surface area contributed by atoms with E-state index in [1.807, 2.05) is 6.92 Å². The van der Waals surface area contributed by atoms with E-state index in [2.05, 4.69) is 26.2 Å². The smallest absolute Gasteiger partial charge is 0.154 e. The molecule has 0 saturated heterocycles. The second kappa shape index (κ2) is 4.37. The second-order valence-corrected chi connectivity index (χ2v) is 4.09. The zero-order chi connectivity index (χ0) is 10.8. The van der Waals surface area contributed by atoms with Gasteiger partial charge in [0, 0.05) is 13.6 Å². The predicted octanol–water partition coefficient (Wildman–Crippen LogP) is 0.524. The highest BCUT2D eigenvalue weighted by Crippen LogP contribution is 2.29. The van der Waals surface area contributed by atoms with Crippen LogP contribution < -0.4 is 5.73 Å². The zero-order valence-electron chi connectivity index (χ0n) is 8.37. The molecule has 6 heteroatoms. The lowest BCUT2D eigenvalue weighted by Crippen LogP contribution is -2.37. The van der Waals surface area contributed by atoms with Crippen molar-refractivity contribution in [1.29, 1.82) is 0 Å². The van der Waals surface area contributed by atoms with E-state index < -0.39 is 5.60 Å². The van der Waals surface area contributed by atoms with Crippen molar-refractivity contribution in [2.45, 2.75) is 25.4 Å². The molecule has 1 unspecified atom stereocenters. The van der Waals surface area contributed by atoms with Crippen molar-refractivity contribution < 1.29 is 5.11 Å². The predicted molar refractivity (Wildman–Crippen MR) is 56.6 cm³/mol. The van der Waals surface area contributed by atoms with E-state index in [9.17, 15) is 5.11 Å². The Morgan fingerprint density at radius 2 is 2.29 bits per heavy atom. The fourth-order valence-corrected chi connectivity index (χ4v) is 2.25. The average molecular weight is 263 g/mol. The van der Waals surface area contributed by atoms with Crippen LogP contribution >= 0.6 is 15.9 Å². The normalized spacial score (nSPS) is 15.5. The average Bonchev–Trinajstić information content (AvgIpc) is 2.47. The van der Waals surface area contributed by atoms with Crippen LogP contribution in [-0.2, 0) is 12.6 Å². The number of nitrogens with zero attached hydrogens (tertiary/aromatic N) is 3. The van der Waals surface area contributed by atoms with Crippen molar-refractivity contribution in [3.05, 3.63) is 10.3 Å². The molecule has 3 N–H and O–H groups in total. The Bertz CT molecular complexity index is 295. The highest BCUT2D eigenvalue weighted by atomic mass is 79.9. The van der Waals surface area contributed by atoms with Gasteiger partial charge in [-0.3, -0.25) is 0 Å². The fraction of sp³-hybridized carbons (Fsp3) is 0.750. The Hall–Kier alpha value is -0.460. The Kier molecular flexibility index (Phi) is 3.63. The Labute approximate surface area is 91.4 Å². The maximum Gasteiger partial charge on any atom is 0.154 e. The van der Waals surface area contributed by atoms with Gasteiger partial charge in [0.1, 0.15) is 11.3 Å². The Morgan fingerprint density at radius 3 is 2.64 bits per heavy atom. The molecule has 1 rings (SSSR count). The molecular formula is C8H15BrN4O. The summed E-state index contributed by atoms with van der Waals surface area (Å²) in [6.07, 6.45) is 1.45. The molecule has 14 heavy (non-hydrogen) atoms. The van der Waals surface area contributed by atoms with Crippen LogP contribution in [-0.4, -0.2) is 26.6 Å². The molecule has 0 amide bonds. The lowest BCUT2D eigenvalue weighted by molar-refractivity contribution is 0.0271. The van der Waals surface area contributed by atoms with Crippen molar-refractivity contribution in [3.63, 3.8) is 0 Å². The van der Waals surface area contributed by atoms with Crippen LogP contribution in [0.15, 0.2) is 4.60 Å². The van der Waals surface area contributed by atoms with Gasteiger partial charge in [0.15, 0.2) is 4.60 Å². The standard InChI is InChI=1S/C8H15BrN4O/c1-3-4-8(14,5-10)6-7(9)11-12-13(6)2/h14H,3-5,10H2,1-2H3. The number of aliphatic hydroxyl groups is 1. The van der Waals surface area contributed by atoms with Crippen molar-refractivity contribution in [2.24, 2.45) is 12.8 Å². The number of nitrogens with two attached hydrogens (primary N) is 1. The number of aromatic nitrogens is 3. The summed E-state index contributed by atoms with van der Waals surface area (Å²) in [6.45, 7) is 2.17.